The molecule has 0 unspecified atom stereocenters. The van der Waals surface area contributed by atoms with Crippen molar-refractivity contribution in [3.8, 4) is 0 Å². The number of hydrogen-bond donors (Lipinski definition) is 1. The topological polar surface area (TPSA) is 50.7 Å². The Hall–Kier alpha value is -1.84. The van der Waals surface area contributed by atoms with Crippen LogP contribution in [0.15, 0.2) is 29.3 Å². The number of rotatable bonds is 3. The van der Waals surface area contributed by atoms with Crippen LogP contribution in [0.2, 0.25) is 0 Å². The second-order valence-electron chi connectivity index (χ2n) is 4.54. The van der Waals surface area contributed by atoms with Crippen molar-refractivity contribution in [1.29, 1.82) is 0 Å². The van der Waals surface area contributed by atoms with Crippen molar-refractivity contribution in [1.82, 2.24) is 14.8 Å². The van der Waals surface area contributed by atoms with Gasteiger partial charge in [0.25, 0.3) is 5.56 Å². The molecule has 0 aliphatic rings. The number of aromatic amines is 1. The van der Waals surface area contributed by atoms with E-state index in [4.69, 9.17) is 0 Å². The summed E-state index contributed by atoms with van der Waals surface area (Å²) >= 11 is 0. The lowest BCUT2D eigenvalue weighted by Crippen LogP contribution is -2.09. The zero-order valence-corrected chi connectivity index (χ0v) is 14.4. The minimum absolute atomic E-state index is 0.0152. The summed E-state index contributed by atoms with van der Waals surface area (Å²) in [7, 11) is 0. The van der Waals surface area contributed by atoms with Crippen LogP contribution in [0.3, 0.4) is 0 Å². The average molecular weight is 291 g/mol. The van der Waals surface area contributed by atoms with Crippen molar-refractivity contribution in [2.24, 2.45) is 0 Å². The van der Waals surface area contributed by atoms with Gasteiger partial charge >= 0.3 is 0 Å². The van der Waals surface area contributed by atoms with E-state index in [1.54, 1.807) is 6.20 Å². The van der Waals surface area contributed by atoms with E-state index in [-0.39, 0.29) is 11.5 Å². The second-order valence-corrected chi connectivity index (χ2v) is 4.54. The highest BCUT2D eigenvalue weighted by Crippen LogP contribution is 2.14. The molecule has 4 heteroatoms. The number of hydrogen-bond acceptors (Lipinski definition) is 2. The molecule has 0 saturated heterocycles. The summed E-state index contributed by atoms with van der Waals surface area (Å²) < 4.78 is 1.88. The predicted octanol–water partition coefficient (Wildman–Crippen LogP) is 4.10. The molecule has 118 valence electrons. The maximum absolute atomic E-state index is 11.8. The van der Waals surface area contributed by atoms with Crippen molar-refractivity contribution in [3.63, 3.8) is 0 Å². The van der Waals surface area contributed by atoms with Crippen LogP contribution >= 0.6 is 0 Å². The summed E-state index contributed by atoms with van der Waals surface area (Å²) in [5.41, 5.74) is 2.97. The molecular weight excluding hydrogens is 262 g/mol. The van der Waals surface area contributed by atoms with E-state index in [2.05, 4.69) is 10.1 Å². The van der Waals surface area contributed by atoms with E-state index < -0.39 is 0 Å². The van der Waals surface area contributed by atoms with Gasteiger partial charge in [-0.2, -0.15) is 0 Å². The fraction of sp³-hybridized carbons (Fsp3) is 0.529. The third-order valence-corrected chi connectivity index (χ3v) is 2.92. The van der Waals surface area contributed by atoms with E-state index in [9.17, 15) is 4.79 Å². The normalized spacial score (nSPS) is 9.52. The van der Waals surface area contributed by atoms with E-state index in [0.717, 1.165) is 16.8 Å². The molecule has 0 aliphatic carbocycles. The lowest BCUT2D eigenvalue weighted by atomic mass is 10.0. The Labute approximate surface area is 128 Å². The highest BCUT2D eigenvalue weighted by molar-refractivity contribution is 5.21. The van der Waals surface area contributed by atoms with Crippen LogP contribution in [0, 0.1) is 6.92 Å². The number of pyridine rings is 1. The highest BCUT2D eigenvalue weighted by Gasteiger charge is 2.13. The molecule has 1 N–H and O–H groups in total. The maximum Gasteiger partial charge on any atom is 0.267 e. The molecule has 2 heterocycles. The number of nitrogens with zero attached hydrogens (tertiary/aromatic N) is 2. The predicted molar refractivity (Wildman–Crippen MR) is 89.9 cm³/mol. The molecule has 4 nitrogen and oxygen atoms in total. The molecule has 0 atom stereocenters. The van der Waals surface area contributed by atoms with Gasteiger partial charge in [-0.05, 0) is 24.5 Å². The molecule has 0 fully saturated rings. The van der Waals surface area contributed by atoms with E-state index in [0.29, 0.717) is 6.54 Å². The second kappa shape index (κ2) is 9.97. The van der Waals surface area contributed by atoms with Gasteiger partial charge in [-0.25, -0.2) is 0 Å². The smallest absolute Gasteiger partial charge is 0.267 e. The molecule has 0 bridgehead atoms. The molecule has 0 radical (unpaired) electrons. The van der Waals surface area contributed by atoms with Gasteiger partial charge in [0.15, 0.2) is 0 Å². The SMILES string of the molecule is CC.CC.Cc1c(C(C)C)c(=O)[nH]n1Cc1cccnc1. The van der Waals surface area contributed by atoms with Crippen molar-refractivity contribution in [3.05, 3.63) is 51.7 Å². The summed E-state index contributed by atoms with van der Waals surface area (Å²) in [6, 6.07) is 3.90. The first-order valence-corrected chi connectivity index (χ1v) is 7.77. The lowest BCUT2D eigenvalue weighted by Gasteiger charge is -2.07. The first-order chi connectivity index (χ1) is 10.1. The highest BCUT2D eigenvalue weighted by atomic mass is 16.1. The van der Waals surface area contributed by atoms with Crippen LogP contribution in [-0.4, -0.2) is 14.8 Å². The Morgan fingerprint density at radius 3 is 2.29 bits per heavy atom. The van der Waals surface area contributed by atoms with E-state index >= 15 is 0 Å². The Morgan fingerprint density at radius 1 is 1.24 bits per heavy atom. The van der Waals surface area contributed by atoms with Crippen molar-refractivity contribution in [2.75, 3.05) is 0 Å². The first-order valence-electron chi connectivity index (χ1n) is 7.77. The minimum Gasteiger partial charge on any atom is -0.285 e. The zero-order chi connectivity index (χ0) is 16.4. The van der Waals surface area contributed by atoms with Crippen molar-refractivity contribution < 1.29 is 0 Å². The Kier molecular flexibility index (Phi) is 9.10. The van der Waals surface area contributed by atoms with Crippen LogP contribution in [0.1, 0.15) is 64.3 Å². The van der Waals surface area contributed by atoms with Gasteiger partial charge in [-0.15, -0.1) is 0 Å². The maximum atomic E-state index is 11.8. The van der Waals surface area contributed by atoms with Gasteiger partial charge in [0.1, 0.15) is 0 Å². The average Bonchev–Trinajstić information content (AvgIpc) is 2.78. The van der Waals surface area contributed by atoms with E-state index in [1.807, 2.05) is 71.5 Å². The summed E-state index contributed by atoms with van der Waals surface area (Å²) in [5, 5.41) is 2.88. The van der Waals surface area contributed by atoms with E-state index in [1.165, 1.54) is 0 Å². The molecule has 0 saturated carbocycles. The molecule has 0 amide bonds. The summed E-state index contributed by atoms with van der Waals surface area (Å²) in [6.07, 6.45) is 3.56. The summed E-state index contributed by atoms with van der Waals surface area (Å²) in [4.78, 5) is 15.9. The quantitative estimate of drug-likeness (QED) is 0.925. The van der Waals surface area contributed by atoms with Gasteiger partial charge in [0.2, 0.25) is 0 Å². The largest absolute Gasteiger partial charge is 0.285 e. The molecule has 21 heavy (non-hydrogen) atoms. The van der Waals surface area contributed by atoms with Gasteiger partial charge in [-0.3, -0.25) is 19.6 Å². The lowest BCUT2D eigenvalue weighted by molar-refractivity contribution is 0.655. The zero-order valence-electron chi connectivity index (χ0n) is 14.4. The standard InChI is InChI=1S/C13H17N3O.2C2H6/c1-9(2)12-10(3)16(15-13(12)17)8-11-5-4-6-14-7-11;2*1-2/h4-7,9H,8H2,1-3H3,(H,15,17);2*1-2H3. The number of H-pyrrole nitrogens is 1. The van der Waals surface area contributed by atoms with Gasteiger partial charge in [-0.1, -0.05) is 47.6 Å². The summed E-state index contributed by atoms with van der Waals surface area (Å²) in [5.74, 6) is 0.244. The minimum atomic E-state index is 0.0152. The summed E-state index contributed by atoms with van der Waals surface area (Å²) in [6.45, 7) is 14.7. The monoisotopic (exact) mass is 291 g/mol. The molecular formula is C17H29N3O. The van der Waals surface area contributed by atoms with Crippen LogP contribution < -0.4 is 5.56 Å². The van der Waals surface area contributed by atoms with Gasteiger partial charge in [0, 0.05) is 23.7 Å². The third kappa shape index (κ3) is 5.21. The Balaban J connectivity index is 0.000000921. The van der Waals surface area contributed by atoms with Crippen LogP contribution in [-0.2, 0) is 6.54 Å². The molecule has 0 aromatic carbocycles. The first kappa shape index (κ1) is 19.2. The van der Waals surface area contributed by atoms with Gasteiger partial charge in [0.05, 0.1) is 6.54 Å². The van der Waals surface area contributed by atoms with Crippen molar-refractivity contribution >= 4 is 0 Å². The van der Waals surface area contributed by atoms with Crippen molar-refractivity contribution in [2.45, 2.75) is 60.9 Å². The fourth-order valence-electron chi connectivity index (χ4n) is 2.09. The van der Waals surface area contributed by atoms with Crippen LogP contribution in [0.4, 0.5) is 0 Å². The molecule has 2 rings (SSSR count). The molecule has 0 aliphatic heterocycles. The molecule has 2 aromatic rings. The number of aromatic nitrogens is 3. The van der Waals surface area contributed by atoms with Gasteiger partial charge < -0.3 is 0 Å². The molecule has 0 spiro atoms. The Bertz CT molecular complexity index is 553. The third-order valence-electron chi connectivity index (χ3n) is 2.92. The molecule has 2 aromatic heterocycles. The fourth-order valence-corrected chi connectivity index (χ4v) is 2.09. The Morgan fingerprint density at radius 2 is 1.86 bits per heavy atom. The number of nitrogens with one attached hydrogen (secondary N) is 1. The van der Waals surface area contributed by atoms with Crippen LogP contribution in [0.5, 0.6) is 0 Å². The van der Waals surface area contributed by atoms with Crippen LogP contribution in [0.25, 0.3) is 0 Å².